The van der Waals surface area contributed by atoms with E-state index in [0.717, 1.165) is 12.8 Å². The molecule has 0 spiro atoms. The summed E-state index contributed by atoms with van der Waals surface area (Å²) in [5.74, 6) is 0.499. The average molecular weight is 334 g/mol. The molecular formula is C11H16BrN3O2S. The van der Waals surface area contributed by atoms with E-state index in [4.69, 9.17) is 5.73 Å². The number of hydrogen-bond donors (Lipinski definition) is 1. The molecule has 1 fully saturated rings. The third-order valence-electron chi connectivity index (χ3n) is 3.29. The van der Waals surface area contributed by atoms with E-state index < -0.39 is 10.0 Å². The number of anilines is 1. The van der Waals surface area contributed by atoms with Crippen LogP contribution in [0.2, 0.25) is 0 Å². The summed E-state index contributed by atoms with van der Waals surface area (Å²) >= 11 is 3.22. The summed E-state index contributed by atoms with van der Waals surface area (Å²) in [6, 6.07) is 1.51. The lowest BCUT2D eigenvalue weighted by Crippen LogP contribution is -2.29. The summed E-state index contributed by atoms with van der Waals surface area (Å²) < 4.78 is 27.0. The monoisotopic (exact) mass is 333 g/mol. The smallest absolute Gasteiger partial charge is 0.246 e. The van der Waals surface area contributed by atoms with Crippen LogP contribution >= 0.6 is 15.9 Å². The van der Waals surface area contributed by atoms with Crippen LogP contribution in [0.4, 0.5) is 5.82 Å². The van der Waals surface area contributed by atoms with Gasteiger partial charge in [0.1, 0.15) is 10.7 Å². The summed E-state index contributed by atoms with van der Waals surface area (Å²) in [6.45, 7) is 3.22. The molecule has 0 aliphatic carbocycles. The van der Waals surface area contributed by atoms with E-state index >= 15 is 0 Å². The lowest BCUT2D eigenvalue weighted by Gasteiger charge is -2.17. The number of aromatic nitrogens is 1. The zero-order valence-corrected chi connectivity index (χ0v) is 12.5. The van der Waals surface area contributed by atoms with Gasteiger partial charge < -0.3 is 5.73 Å². The molecule has 2 heterocycles. The van der Waals surface area contributed by atoms with Crippen molar-refractivity contribution in [3.05, 3.63) is 16.7 Å². The van der Waals surface area contributed by atoms with Gasteiger partial charge in [0, 0.05) is 23.8 Å². The van der Waals surface area contributed by atoms with Crippen molar-refractivity contribution in [3.8, 4) is 0 Å². The first-order chi connectivity index (χ1) is 8.45. The van der Waals surface area contributed by atoms with E-state index in [2.05, 4.69) is 27.8 Å². The number of pyridine rings is 1. The third-order valence-corrected chi connectivity index (χ3v) is 5.62. The second kappa shape index (κ2) is 5.14. The first kappa shape index (κ1) is 13.8. The van der Waals surface area contributed by atoms with Crippen molar-refractivity contribution < 1.29 is 8.42 Å². The van der Waals surface area contributed by atoms with Crippen LogP contribution < -0.4 is 5.73 Å². The lowest BCUT2D eigenvalue weighted by molar-refractivity contribution is 0.453. The predicted octanol–water partition coefficient (Wildman–Crippen LogP) is 1.85. The molecule has 0 amide bonds. The molecule has 5 nitrogen and oxygen atoms in total. The highest BCUT2D eigenvalue weighted by atomic mass is 79.9. The van der Waals surface area contributed by atoms with Gasteiger partial charge in [-0.15, -0.1) is 0 Å². The number of halogens is 1. The molecule has 1 aromatic heterocycles. The van der Waals surface area contributed by atoms with Gasteiger partial charge in [-0.25, -0.2) is 13.4 Å². The van der Waals surface area contributed by atoms with Crippen molar-refractivity contribution in [2.24, 2.45) is 5.92 Å². The van der Waals surface area contributed by atoms with E-state index in [9.17, 15) is 8.42 Å². The van der Waals surface area contributed by atoms with Crippen molar-refractivity contribution in [1.29, 1.82) is 0 Å². The molecule has 0 saturated carbocycles. The normalized spacial score (nSPS) is 21.3. The lowest BCUT2D eigenvalue weighted by atomic mass is 10.1. The van der Waals surface area contributed by atoms with Gasteiger partial charge in [0.2, 0.25) is 10.0 Å². The van der Waals surface area contributed by atoms with Crippen molar-refractivity contribution in [3.63, 3.8) is 0 Å². The van der Waals surface area contributed by atoms with Crippen molar-refractivity contribution in [2.75, 3.05) is 18.8 Å². The van der Waals surface area contributed by atoms with E-state index in [1.165, 1.54) is 16.6 Å². The van der Waals surface area contributed by atoms with Gasteiger partial charge in [0.25, 0.3) is 0 Å². The van der Waals surface area contributed by atoms with Crippen LogP contribution in [-0.2, 0) is 10.0 Å². The van der Waals surface area contributed by atoms with Crippen LogP contribution in [0.15, 0.2) is 21.6 Å². The Bertz CT molecular complexity index is 547. The second-order valence-electron chi connectivity index (χ2n) is 4.46. The Morgan fingerprint density at radius 2 is 2.33 bits per heavy atom. The van der Waals surface area contributed by atoms with E-state index in [1.54, 1.807) is 0 Å². The first-order valence-electron chi connectivity index (χ1n) is 5.86. The van der Waals surface area contributed by atoms with Gasteiger partial charge in [-0.2, -0.15) is 4.31 Å². The van der Waals surface area contributed by atoms with Crippen LogP contribution in [0, 0.1) is 5.92 Å². The van der Waals surface area contributed by atoms with Gasteiger partial charge in [0.15, 0.2) is 0 Å². The quantitative estimate of drug-likeness (QED) is 0.915. The number of nitrogens with zero attached hydrogens (tertiary/aromatic N) is 2. The zero-order valence-electron chi connectivity index (χ0n) is 10.1. The third kappa shape index (κ3) is 2.53. The largest absolute Gasteiger partial charge is 0.383 e. The SMILES string of the molecule is CCC1CCN(S(=O)(=O)c2cc(Br)cnc2N)C1. The standard InChI is InChI=1S/C11H16BrN3O2S/c1-2-8-3-4-15(7-8)18(16,17)10-5-9(12)6-14-11(10)13/h5-6,8H,2-4,7H2,1H3,(H2,13,14). The zero-order chi connectivity index (χ0) is 13.3. The van der Waals surface area contributed by atoms with Gasteiger partial charge in [0.05, 0.1) is 0 Å². The van der Waals surface area contributed by atoms with Crippen LogP contribution in [0.25, 0.3) is 0 Å². The van der Waals surface area contributed by atoms with Gasteiger partial charge >= 0.3 is 0 Å². The number of sulfonamides is 1. The van der Waals surface area contributed by atoms with Crippen molar-refractivity contribution >= 4 is 31.8 Å². The Hall–Kier alpha value is -0.660. The summed E-state index contributed by atoms with van der Waals surface area (Å²) in [4.78, 5) is 3.97. The Labute approximate surface area is 116 Å². The molecule has 1 atom stereocenters. The average Bonchev–Trinajstić information content (AvgIpc) is 2.81. The van der Waals surface area contributed by atoms with Gasteiger partial charge in [-0.1, -0.05) is 13.3 Å². The minimum atomic E-state index is -3.52. The molecule has 100 valence electrons. The molecule has 7 heteroatoms. The Balaban J connectivity index is 2.34. The fourth-order valence-electron chi connectivity index (χ4n) is 2.13. The highest BCUT2D eigenvalue weighted by molar-refractivity contribution is 9.10. The van der Waals surface area contributed by atoms with E-state index in [-0.39, 0.29) is 10.7 Å². The molecule has 1 aliphatic rings. The fourth-order valence-corrected chi connectivity index (χ4v) is 4.23. The molecule has 0 aromatic carbocycles. The number of rotatable bonds is 3. The topological polar surface area (TPSA) is 76.3 Å². The van der Waals surface area contributed by atoms with E-state index in [0.29, 0.717) is 23.5 Å². The Kier molecular flexibility index (Phi) is 3.93. The molecule has 1 aliphatic heterocycles. The minimum absolute atomic E-state index is 0.0538. The summed E-state index contributed by atoms with van der Waals surface area (Å²) in [6.07, 6.45) is 3.41. The van der Waals surface area contributed by atoms with E-state index in [1.807, 2.05) is 0 Å². The van der Waals surface area contributed by atoms with Crippen molar-refractivity contribution in [1.82, 2.24) is 9.29 Å². The number of hydrogen-bond acceptors (Lipinski definition) is 4. The molecule has 2 rings (SSSR count). The maximum Gasteiger partial charge on any atom is 0.246 e. The second-order valence-corrected chi connectivity index (χ2v) is 7.28. The molecule has 1 unspecified atom stereocenters. The molecule has 1 aromatic rings. The Morgan fingerprint density at radius 1 is 1.61 bits per heavy atom. The number of nitrogen functional groups attached to an aromatic ring is 1. The van der Waals surface area contributed by atoms with Crippen LogP contribution in [-0.4, -0.2) is 30.8 Å². The molecule has 0 bridgehead atoms. The highest BCUT2D eigenvalue weighted by Gasteiger charge is 2.33. The molecular weight excluding hydrogens is 318 g/mol. The number of nitrogens with two attached hydrogens (primary N) is 1. The first-order valence-corrected chi connectivity index (χ1v) is 8.09. The minimum Gasteiger partial charge on any atom is -0.383 e. The highest BCUT2D eigenvalue weighted by Crippen LogP contribution is 2.29. The molecule has 1 saturated heterocycles. The summed E-state index contributed by atoms with van der Waals surface area (Å²) in [5, 5.41) is 0. The van der Waals surface area contributed by atoms with Crippen LogP contribution in [0.5, 0.6) is 0 Å². The summed E-state index contributed by atoms with van der Waals surface area (Å²) in [7, 11) is -3.52. The van der Waals surface area contributed by atoms with Gasteiger partial charge in [-0.05, 0) is 34.3 Å². The fraction of sp³-hybridized carbons (Fsp3) is 0.545. The summed E-state index contributed by atoms with van der Waals surface area (Å²) in [5.41, 5.74) is 5.67. The maximum absolute atomic E-state index is 12.5. The maximum atomic E-state index is 12.5. The van der Waals surface area contributed by atoms with Gasteiger partial charge in [-0.3, -0.25) is 0 Å². The predicted molar refractivity (Wildman–Crippen MR) is 73.5 cm³/mol. The van der Waals surface area contributed by atoms with Crippen LogP contribution in [0.3, 0.4) is 0 Å². The molecule has 0 radical (unpaired) electrons. The molecule has 18 heavy (non-hydrogen) atoms. The Morgan fingerprint density at radius 3 is 2.94 bits per heavy atom. The van der Waals surface area contributed by atoms with Crippen LogP contribution in [0.1, 0.15) is 19.8 Å². The molecule has 2 N–H and O–H groups in total. The van der Waals surface area contributed by atoms with Crippen molar-refractivity contribution in [2.45, 2.75) is 24.7 Å².